The highest BCUT2D eigenvalue weighted by Gasteiger charge is 2.33. The molecule has 0 saturated heterocycles. The highest BCUT2D eigenvalue weighted by atomic mass is 16.5. The van der Waals surface area contributed by atoms with Crippen LogP contribution in [0.25, 0.3) is 0 Å². The van der Waals surface area contributed by atoms with Gasteiger partial charge >= 0.3 is 11.9 Å². The summed E-state index contributed by atoms with van der Waals surface area (Å²) in [5.41, 5.74) is -2.49. The highest BCUT2D eigenvalue weighted by molar-refractivity contribution is 6.00. The Labute approximate surface area is 123 Å². The van der Waals surface area contributed by atoms with Gasteiger partial charge in [0.2, 0.25) is 11.8 Å². The van der Waals surface area contributed by atoms with Crippen molar-refractivity contribution < 1.29 is 28.7 Å². The van der Waals surface area contributed by atoms with E-state index in [0.29, 0.717) is 0 Å². The molecule has 0 aromatic carbocycles. The van der Waals surface area contributed by atoms with E-state index >= 15 is 0 Å². The fourth-order valence-electron chi connectivity index (χ4n) is 1.54. The van der Waals surface area contributed by atoms with Gasteiger partial charge in [-0.3, -0.25) is 9.59 Å². The minimum absolute atomic E-state index is 0.527. The summed E-state index contributed by atoms with van der Waals surface area (Å²) in [6.45, 7) is 5.81. The van der Waals surface area contributed by atoms with Crippen LogP contribution in [0.1, 0.15) is 34.1 Å². The Kier molecular flexibility index (Phi) is 6.34. The molecule has 0 bridgehead atoms. The van der Waals surface area contributed by atoms with Crippen LogP contribution in [-0.4, -0.2) is 49.1 Å². The van der Waals surface area contributed by atoms with Gasteiger partial charge in [0.05, 0.1) is 14.2 Å². The van der Waals surface area contributed by atoms with Gasteiger partial charge in [0.25, 0.3) is 0 Å². The fraction of sp³-hybridized carbons (Fsp3) is 0.692. The number of hydrogen-bond acceptors (Lipinski definition) is 6. The zero-order valence-corrected chi connectivity index (χ0v) is 13.2. The predicted octanol–water partition coefficient (Wildman–Crippen LogP) is -0.488. The van der Waals surface area contributed by atoms with E-state index in [2.05, 4.69) is 20.1 Å². The molecule has 21 heavy (non-hydrogen) atoms. The Hall–Kier alpha value is -2.12. The van der Waals surface area contributed by atoms with Crippen LogP contribution in [0, 0.1) is 0 Å². The van der Waals surface area contributed by atoms with Crippen molar-refractivity contribution in [3.8, 4) is 0 Å². The van der Waals surface area contributed by atoms with Gasteiger partial charge in [-0.1, -0.05) is 0 Å². The lowest BCUT2D eigenvalue weighted by atomic mass is 10.0. The van der Waals surface area contributed by atoms with Crippen molar-refractivity contribution in [2.24, 2.45) is 0 Å². The number of ether oxygens (including phenoxy) is 2. The van der Waals surface area contributed by atoms with E-state index < -0.39 is 41.3 Å². The van der Waals surface area contributed by atoms with Gasteiger partial charge < -0.3 is 20.1 Å². The molecule has 2 N–H and O–H groups in total. The average molecular weight is 302 g/mol. The van der Waals surface area contributed by atoms with Crippen LogP contribution < -0.4 is 10.6 Å². The Morgan fingerprint density at radius 3 is 1.29 bits per heavy atom. The molecule has 0 unspecified atom stereocenters. The minimum atomic E-state index is -1.25. The molecule has 0 heterocycles. The molecule has 0 aromatic heterocycles. The van der Waals surface area contributed by atoms with E-state index in [4.69, 9.17) is 0 Å². The zero-order valence-electron chi connectivity index (χ0n) is 13.2. The first kappa shape index (κ1) is 18.9. The number of carbonyl (C=O) groups is 4. The Morgan fingerprint density at radius 1 is 0.762 bits per heavy atom. The van der Waals surface area contributed by atoms with Gasteiger partial charge in [-0.05, 0) is 27.7 Å². The Balaban J connectivity index is 4.57. The van der Waals surface area contributed by atoms with Crippen LogP contribution in [0.5, 0.6) is 0 Å². The smallest absolute Gasteiger partial charge is 0.330 e. The molecule has 0 saturated carbocycles. The van der Waals surface area contributed by atoms with Crippen LogP contribution in [0.4, 0.5) is 0 Å². The van der Waals surface area contributed by atoms with Gasteiger partial charge in [0.1, 0.15) is 17.5 Å². The third-order valence-electron chi connectivity index (χ3n) is 2.62. The molecule has 0 aromatic rings. The summed E-state index contributed by atoms with van der Waals surface area (Å²) in [6.07, 6.45) is -0.527. The van der Waals surface area contributed by atoms with Crippen molar-refractivity contribution in [3.63, 3.8) is 0 Å². The van der Waals surface area contributed by atoms with E-state index in [9.17, 15) is 19.2 Å². The van der Waals surface area contributed by atoms with E-state index in [0.717, 1.165) is 0 Å². The summed E-state index contributed by atoms with van der Waals surface area (Å²) in [5, 5.41) is 4.75. The van der Waals surface area contributed by atoms with Crippen molar-refractivity contribution in [1.29, 1.82) is 0 Å². The monoisotopic (exact) mass is 302 g/mol. The SMILES string of the molecule is COC(=O)C(C)(C)NC(=O)CC(=O)NC(C)(C)C(=O)OC. The molecule has 0 aliphatic rings. The summed E-state index contributed by atoms with van der Waals surface area (Å²) in [6, 6.07) is 0. The van der Waals surface area contributed by atoms with E-state index in [1.165, 1.54) is 41.9 Å². The normalized spacial score (nSPS) is 11.3. The second-order valence-electron chi connectivity index (χ2n) is 5.51. The Morgan fingerprint density at radius 2 is 1.05 bits per heavy atom. The first-order valence-corrected chi connectivity index (χ1v) is 6.25. The number of hydrogen-bond donors (Lipinski definition) is 2. The van der Waals surface area contributed by atoms with Crippen molar-refractivity contribution in [2.75, 3.05) is 14.2 Å². The second kappa shape index (κ2) is 7.05. The van der Waals surface area contributed by atoms with Gasteiger partial charge in [0, 0.05) is 0 Å². The molecule has 8 nitrogen and oxygen atoms in total. The van der Waals surface area contributed by atoms with Crippen molar-refractivity contribution >= 4 is 23.8 Å². The van der Waals surface area contributed by atoms with Crippen LogP contribution in [-0.2, 0) is 28.7 Å². The largest absolute Gasteiger partial charge is 0.467 e. The topological polar surface area (TPSA) is 111 Å². The maximum Gasteiger partial charge on any atom is 0.330 e. The first-order chi connectivity index (χ1) is 9.46. The zero-order chi connectivity index (χ0) is 16.8. The molecule has 0 radical (unpaired) electrons. The number of methoxy groups -OCH3 is 2. The standard InChI is InChI=1S/C13H22N2O6/c1-12(2,10(18)20-5)14-8(16)7-9(17)15-13(3,4)11(19)21-6/h7H2,1-6H3,(H,14,16)(H,15,17). The highest BCUT2D eigenvalue weighted by Crippen LogP contribution is 2.07. The van der Waals surface area contributed by atoms with E-state index in [1.54, 1.807) is 0 Å². The summed E-state index contributed by atoms with van der Waals surface area (Å²) in [7, 11) is 2.39. The third-order valence-corrected chi connectivity index (χ3v) is 2.62. The van der Waals surface area contributed by atoms with Gasteiger partial charge in [-0.25, -0.2) is 9.59 Å². The first-order valence-electron chi connectivity index (χ1n) is 6.25. The van der Waals surface area contributed by atoms with Crippen LogP contribution in [0.15, 0.2) is 0 Å². The van der Waals surface area contributed by atoms with Crippen LogP contribution >= 0.6 is 0 Å². The molecule has 2 amide bonds. The maximum absolute atomic E-state index is 11.7. The quantitative estimate of drug-likeness (QED) is 0.506. The molecular weight excluding hydrogens is 280 g/mol. The molecule has 120 valence electrons. The Bertz CT molecular complexity index is 402. The molecule has 8 heteroatoms. The lowest BCUT2D eigenvalue weighted by molar-refractivity contribution is -0.150. The summed E-state index contributed by atoms with van der Waals surface area (Å²) < 4.78 is 9.06. The number of rotatable bonds is 6. The predicted molar refractivity (Wildman–Crippen MR) is 73.1 cm³/mol. The van der Waals surface area contributed by atoms with Crippen LogP contribution in [0.3, 0.4) is 0 Å². The van der Waals surface area contributed by atoms with Crippen LogP contribution in [0.2, 0.25) is 0 Å². The van der Waals surface area contributed by atoms with Gasteiger partial charge in [-0.15, -0.1) is 0 Å². The lowest BCUT2D eigenvalue weighted by Gasteiger charge is -2.25. The van der Waals surface area contributed by atoms with Gasteiger partial charge in [-0.2, -0.15) is 0 Å². The lowest BCUT2D eigenvalue weighted by Crippen LogP contribution is -2.54. The van der Waals surface area contributed by atoms with Crippen molar-refractivity contribution in [2.45, 2.75) is 45.2 Å². The second-order valence-corrected chi connectivity index (χ2v) is 5.51. The average Bonchev–Trinajstić information content (AvgIpc) is 2.34. The van der Waals surface area contributed by atoms with E-state index in [-0.39, 0.29) is 0 Å². The fourth-order valence-corrected chi connectivity index (χ4v) is 1.54. The van der Waals surface area contributed by atoms with Gasteiger partial charge in [0.15, 0.2) is 0 Å². The molecule has 0 aliphatic heterocycles. The summed E-state index contributed by atoms with van der Waals surface area (Å²) >= 11 is 0. The molecule has 0 aliphatic carbocycles. The molecular formula is C13H22N2O6. The number of carbonyl (C=O) groups excluding carboxylic acids is 4. The summed E-state index contributed by atoms with van der Waals surface area (Å²) in [4.78, 5) is 46.3. The summed E-state index contributed by atoms with van der Waals surface area (Å²) in [5.74, 6) is -2.59. The minimum Gasteiger partial charge on any atom is -0.467 e. The third kappa shape index (κ3) is 5.80. The van der Waals surface area contributed by atoms with Crippen molar-refractivity contribution in [3.05, 3.63) is 0 Å². The number of nitrogens with one attached hydrogen (secondary N) is 2. The molecule has 0 rings (SSSR count). The molecule has 0 fully saturated rings. The van der Waals surface area contributed by atoms with Crippen molar-refractivity contribution in [1.82, 2.24) is 10.6 Å². The molecule has 0 spiro atoms. The number of amides is 2. The maximum atomic E-state index is 11.7. The number of esters is 2. The van der Waals surface area contributed by atoms with E-state index in [1.807, 2.05) is 0 Å². The molecule has 0 atom stereocenters.